The van der Waals surface area contributed by atoms with Crippen molar-refractivity contribution in [1.29, 1.82) is 5.26 Å². The summed E-state index contributed by atoms with van der Waals surface area (Å²) in [6.45, 7) is 6.04. The zero-order valence-electron chi connectivity index (χ0n) is 23.4. The van der Waals surface area contributed by atoms with E-state index in [4.69, 9.17) is 17.3 Å². The summed E-state index contributed by atoms with van der Waals surface area (Å²) in [5, 5.41) is 10.5. The Labute approximate surface area is 252 Å². The summed E-state index contributed by atoms with van der Waals surface area (Å²) >= 11 is 8.15. The molecule has 42 heavy (non-hydrogen) atoms. The van der Waals surface area contributed by atoms with Crippen LogP contribution < -0.4 is 10.6 Å². The molecule has 0 radical (unpaired) electrons. The first-order chi connectivity index (χ1) is 19.9. The number of carbonyl (C=O) groups excluding carboxylic acids is 1. The van der Waals surface area contributed by atoms with Gasteiger partial charge in [0.25, 0.3) is 0 Å². The molecule has 3 aromatic rings. The van der Waals surface area contributed by atoms with E-state index in [2.05, 4.69) is 31.2 Å². The van der Waals surface area contributed by atoms with E-state index < -0.39 is 17.7 Å². The Balaban J connectivity index is 1.66. The molecule has 1 heterocycles. The maximum atomic E-state index is 13.7. The van der Waals surface area contributed by atoms with E-state index in [1.165, 1.54) is 21.4 Å². The second-order valence-electron chi connectivity index (χ2n) is 10.7. The third-order valence-electron chi connectivity index (χ3n) is 7.94. The van der Waals surface area contributed by atoms with E-state index in [0.29, 0.717) is 29.9 Å². The summed E-state index contributed by atoms with van der Waals surface area (Å²) in [6, 6.07) is 17.4. The Hall–Kier alpha value is -3.67. The van der Waals surface area contributed by atoms with Crippen LogP contribution in [0.1, 0.15) is 58.6 Å². The number of halogens is 4. The first-order valence-corrected chi connectivity index (χ1v) is 14.9. The van der Waals surface area contributed by atoms with Crippen molar-refractivity contribution < 1.29 is 18.0 Å². The lowest BCUT2D eigenvalue weighted by Crippen LogP contribution is -2.39. The van der Waals surface area contributed by atoms with Gasteiger partial charge in [0.2, 0.25) is 0 Å². The molecule has 0 amide bonds. The summed E-state index contributed by atoms with van der Waals surface area (Å²) in [4.78, 5) is 16.2. The molecule has 2 N–H and O–H groups in total. The fraction of sp³-hybridized carbons (Fsp3) is 0.273. The van der Waals surface area contributed by atoms with Gasteiger partial charge in [0.15, 0.2) is 5.78 Å². The maximum absolute atomic E-state index is 13.7. The largest absolute Gasteiger partial charge is 0.416 e. The number of nitriles is 1. The molecular weight excluding hydrogens is 579 g/mol. The molecule has 9 heteroatoms. The zero-order valence-corrected chi connectivity index (χ0v) is 25.0. The molecule has 4 nitrogen and oxygen atoms in total. The van der Waals surface area contributed by atoms with Crippen molar-refractivity contribution in [3.63, 3.8) is 0 Å². The number of nitrogens with two attached hydrogens (primary N) is 1. The van der Waals surface area contributed by atoms with Crippen LogP contribution in [-0.4, -0.2) is 5.78 Å². The van der Waals surface area contributed by atoms with Crippen molar-refractivity contribution in [3.8, 4) is 6.07 Å². The second kappa shape index (κ2) is 11.5. The fourth-order valence-electron chi connectivity index (χ4n) is 5.79. The van der Waals surface area contributed by atoms with Crippen molar-refractivity contribution in [3.05, 3.63) is 116 Å². The number of ketones is 1. The van der Waals surface area contributed by atoms with E-state index in [-0.39, 0.29) is 34.3 Å². The van der Waals surface area contributed by atoms with Crippen LogP contribution in [0.15, 0.2) is 82.2 Å². The van der Waals surface area contributed by atoms with Crippen molar-refractivity contribution in [2.75, 3.05) is 4.90 Å². The van der Waals surface area contributed by atoms with Crippen molar-refractivity contribution in [1.82, 2.24) is 0 Å². The average Bonchev–Trinajstić information content (AvgIpc) is 2.93. The summed E-state index contributed by atoms with van der Waals surface area (Å²) in [7, 11) is 0. The first kappa shape index (κ1) is 29.8. The molecule has 0 bridgehead atoms. The number of alkyl halides is 3. The lowest BCUT2D eigenvalue weighted by atomic mass is 9.74. The standard InChI is InChI=1S/C33H29ClF3N3OS/c1-18-7-4-5-10-29(18)42-17-21-14-23(20(3)13-19(21)2)30-24(16-38)32(39)40(26-8-6-9-28(41)31(26)30)27-15-22(33(35,36)37)11-12-25(27)34/h4-5,7,10-15,30H,6,8-9,17,39H2,1-3H3. The van der Waals surface area contributed by atoms with Crippen LogP contribution in [-0.2, 0) is 16.7 Å². The van der Waals surface area contributed by atoms with Gasteiger partial charge in [-0.2, -0.15) is 18.4 Å². The molecule has 0 aromatic heterocycles. The minimum atomic E-state index is -4.61. The highest BCUT2D eigenvalue weighted by Gasteiger charge is 2.42. The van der Waals surface area contributed by atoms with E-state index in [9.17, 15) is 23.2 Å². The zero-order chi connectivity index (χ0) is 30.3. The van der Waals surface area contributed by atoms with E-state index in [1.54, 1.807) is 11.8 Å². The van der Waals surface area contributed by atoms with Gasteiger partial charge in [0.1, 0.15) is 5.82 Å². The Morgan fingerprint density at radius 3 is 2.48 bits per heavy atom. The SMILES string of the molecule is Cc1cc(C)c(C2C(C#N)=C(N)N(c3cc(C(F)(F)F)ccc3Cl)C3=C2C(=O)CCC3)cc1CSc1ccccc1C. The van der Waals surface area contributed by atoms with Gasteiger partial charge in [-0.3, -0.25) is 9.69 Å². The number of hydrogen-bond acceptors (Lipinski definition) is 5. The highest BCUT2D eigenvalue weighted by Crippen LogP contribution is 2.49. The Morgan fingerprint density at radius 1 is 1.05 bits per heavy atom. The molecule has 0 saturated carbocycles. The van der Waals surface area contributed by atoms with Gasteiger partial charge >= 0.3 is 6.18 Å². The van der Waals surface area contributed by atoms with Gasteiger partial charge in [-0.05, 0) is 85.7 Å². The highest BCUT2D eigenvalue weighted by molar-refractivity contribution is 7.98. The molecule has 1 atom stereocenters. The lowest BCUT2D eigenvalue weighted by Gasteiger charge is -2.40. The second-order valence-corrected chi connectivity index (χ2v) is 12.1. The van der Waals surface area contributed by atoms with Gasteiger partial charge in [-0.15, -0.1) is 11.8 Å². The van der Waals surface area contributed by atoms with Crippen molar-refractivity contribution >= 4 is 34.8 Å². The number of anilines is 1. The quantitative estimate of drug-likeness (QED) is 0.293. The lowest BCUT2D eigenvalue weighted by molar-refractivity contribution is -0.137. The van der Waals surface area contributed by atoms with Gasteiger partial charge in [0, 0.05) is 28.3 Å². The summed E-state index contributed by atoms with van der Waals surface area (Å²) in [6.07, 6.45) is -3.42. The number of hydrogen-bond donors (Lipinski definition) is 1. The minimum absolute atomic E-state index is 0.00617. The molecule has 5 rings (SSSR count). The van der Waals surface area contributed by atoms with Crippen LogP contribution >= 0.6 is 23.4 Å². The predicted molar refractivity (Wildman–Crippen MR) is 161 cm³/mol. The molecule has 1 aliphatic carbocycles. The summed E-state index contributed by atoms with van der Waals surface area (Å²) in [5.74, 6) is -0.219. The Morgan fingerprint density at radius 2 is 1.79 bits per heavy atom. The average molecular weight is 608 g/mol. The normalized spacial score (nSPS) is 17.4. The number of aryl methyl sites for hydroxylation is 3. The van der Waals surface area contributed by atoms with Gasteiger partial charge in [-0.25, -0.2) is 0 Å². The van der Waals surface area contributed by atoms with E-state index in [1.807, 2.05) is 32.0 Å². The molecule has 2 aliphatic rings. The van der Waals surface area contributed by atoms with Crippen LogP contribution in [0.3, 0.4) is 0 Å². The number of nitrogens with zero attached hydrogens (tertiary/aromatic N) is 2. The highest BCUT2D eigenvalue weighted by atomic mass is 35.5. The Kier molecular flexibility index (Phi) is 8.19. The number of thioether (sulfide) groups is 1. The number of benzene rings is 3. The molecule has 0 fully saturated rings. The van der Waals surface area contributed by atoms with Crippen LogP contribution in [0.2, 0.25) is 5.02 Å². The van der Waals surface area contributed by atoms with Crippen LogP contribution in [0.25, 0.3) is 0 Å². The van der Waals surface area contributed by atoms with Crippen molar-refractivity contribution in [2.45, 2.75) is 62.8 Å². The van der Waals surface area contributed by atoms with E-state index in [0.717, 1.165) is 34.4 Å². The number of rotatable bonds is 5. The fourth-order valence-corrected chi connectivity index (χ4v) is 7.08. The van der Waals surface area contributed by atoms with E-state index >= 15 is 0 Å². The molecular formula is C33H29ClF3N3OS. The molecule has 0 spiro atoms. The third kappa shape index (κ3) is 5.44. The topological polar surface area (TPSA) is 70.1 Å². The predicted octanol–water partition coefficient (Wildman–Crippen LogP) is 8.88. The summed E-state index contributed by atoms with van der Waals surface area (Å²) < 4.78 is 41.0. The third-order valence-corrected chi connectivity index (χ3v) is 9.48. The van der Waals surface area contributed by atoms with Gasteiger partial charge < -0.3 is 5.73 Å². The smallest absolute Gasteiger partial charge is 0.384 e. The van der Waals surface area contributed by atoms with Crippen molar-refractivity contribution in [2.24, 2.45) is 5.73 Å². The summed E-state index contributed by atoms with van der Waals surface area (Å²) in [5.41, 5.74) is 11.8. The molecule has 0 saturated heterocycles. The maximum Gasteiger partial charge on any atom is 0.416 e. The number of Topliss-reactive ketones (excluding diaryl/α,β-unsaturated/α-hetero) is 1. The number of allylic oxidation sites excluding steroid dienone is 3. The van der Waals surface area contributed by atoms with Crippen LogP contribution in [0, 0.1) is 32.1 Å². The van der Waals surface area contributed by atoms with Crippen LogP contribution in [0.4, 0.5) is 18.9 Å². The first-order valence-electron chi connectivity index (χ1n) is 13.5. The van der Waals surface area contributed by atoms with Gasteiger partial charge in [-0.1, -0.05) is 41.9 Å². The van der Waals surface area contributed by atoms with Crippen LogP contribution in [0.5, 0.6) is 0 Å². The molecule has 1 aliphatic heterocycles. The molecule has 216 valence electrons. The Bertz CT molecular complexity index is 1700. The minimum Gasteiger partial charge on any atom is -0.384 e. The van der Waals surface area contributed by atoms with Gasteiger partial charge in [0.05, 0.1) is 33.8 Å². The molecule has 3 aromatic carbocycles. The monoisotopic (exact) mass is 607 g/mol. The number of carbonyl (C=O) groups is 1. The molecule has 1 unspecified atom stereocenters.